The lowest BCUT2D eigenvalue weighted by Gasteiger charge is -2.32. The number of aromatic nitrogens is 2. The van der Waals surface area contributed by atoms with E-state index in [-0.39, 0.29) is 17.9 Å². The van der Waals surface area contributed by atoms with E-state index in [9.17, 15) is 9.59 Å². The molecule has 0 radical (unpaired) electrons. The van der Waals surface area contributed by atoms with E-state index in [4.69, 9.17) is 0 Å². The van der Waals surface area contributed by atoms with Crippen LogP contribution in [0.1, 0.15) is 40.1 Å². The molecule has 0 spiro atoms. The summed E-state index contributed by atoms with van der Waals surface area (Å²) in [7, 11) is 0. The molecule has 1 atom stereocenters. The van der Waals surface area contributed by atoms with Gasteiger partial charge >= 0.3 is 0 Å². The first-order valence-corrected chi connectivity index (χ1v) is 12.4. The number of rotatable bonds is 6. The Balaban J connectivity index is 1.36. The Kier molecular flexibility index (Phi) is 7.01. The summed E-state index contributed by atoms with van der Waals surface area (Å²) in [6.45, 7) is 5.23. The number of nitrogens with one attached hydrogen (secondary N) is 1. The third-order valence-corrected chi connectivity index (χ3v) is 7.44. The highest BCUT2D eigenvalue weighted by molar-refractivity contribution is 7.99. The van der Waals surface area contributed by atoms with E-state index in [1.54, 1.807) is 0 Å². The van der Waals surface area contributed by atoms with Crippen LogP contribution in [-0.4, -0.2) is 69.0 Å². The Hall–Kier alpha value is -1.97. The van der Waals surface area contributed by atoms with Gasteiger partial charge < -0.3 is 10.2 Å². The molecule has 4 rings (SSSR count). The quantitative estimate of drug-likeness (QED) is 0.737. The van der Waals surface area contributed by atoms with Gasteiger partial charge in [-0.2, -0.15) is 11.8 Å². The highest BCUT2D eigenvalue weighted by Gasteiger charge is 2.34. The molecule has 9 heteroatoms. The van der Waals surface area contributed by atoms with Gasteiger partial charge in [0.1, 0.15) is 5.01 Å². The average molecular weight is 446 g/mol. The molecule has 1 aromatic heterocycles. The first kappa shape index (κ1) is 21.3. The Bertz CT molecular complexity index is 880. The molecule has 2 amide bonds. The molecule has 160 valence electrons. The first-order valence-electron chi connectivity index (χ1n) is 10.5. The smallest absolute Gasteiger partial charge is 0.286 e. The molecular weight excluding hydrogens is 418 g/mol. The molecule has 30 heavy (non-hydrogen) atoms. The maximum atomic E-state index is 12.9. The normalized spacial score (nSPS) is 19.8. The van der Waals surface area contributed by atoms with E-state index in [0.717, 1.165) is 61.1 Å². The van der Waals surface area contributed by atoms with E-state index in [1.807, 2.05) is 40.9 Å². The summed E-state index contributed by atoms with van der Waals surface area (Å²) in [4.78, 5) is 29.7. The monoisotopic (exact) mass is 445 g/mol. The van der Waals surface area contributed by atoms with Crippen LogP contribution in [0.4, 0.5) is 5.69 Å². The van der Waals surface area contributed by atoms with Crippen molar-refractivity contribution >= 4 is 40.6 Å². The van der Waals surface area contributed by atoms with E-state index >= 15 is 0 Å². The third-order valence-electron chi connectivity index (χ3n) is 5.59. The first-order chi connectivity index (χ1) is 14.6. The van der Waals surface area contributed by atoms with Crippen LogP contribution in [0, 0.1) is 0 Å². The van der Waals surface area contributed by atoms with E-state index < -0.39 is 0 Å². The van der Waals surface area contributed by atoms with Crippen molar-refractivity contribution in [3.8, 4) is 0 Å². The van der Waals surface area contributed by atoms with Gasteiger partial charge in [-0.15, -0.1) is 10.2 Å². The number of amides is 2. The molecule has 1 aromatic carbocycles. The minimum absolute atomic E-state index is 0.0774. The Labute approximate surface area is 185 Å². The molecule has 2 saturated heterocycles. The SMILES string of the molecule is CCc1ccc(NC(=O)c2nnc(CN3CCCC3C(=O)N3CCSCC3)s2)cc1. The van der Waals surface area contributed by atoms with E-state index in [0.29, 0.717) is 11.6 Å². The van der Waals surface area contributed by atoms with Crippen LogP contribution in [0.15, 0.2) is 24.3 Å². The van der Waals surface area contributed by atoms with Crippen LogP contribution >= 0.6 is 23.1 Å². The maximum absolute atomic E-state index is 12.9. The highest BCUT2D eigenvalue weighted by Crippen LogP contribution is 2.24. The highest BCUT2D eigenvalue weighted by atomic mass is 32.2. The van der Waals surface area contributed by atoms with Crippen LogP contribution < -0.4 is 5.32 Å². The molecule has 7 nitrogen and oxygen atoms in total. The maximum Gasteiger partial charge on any atom is 0.286 e. The van der Waals surface area contributed by atoms with Crippen LogP contribution in [-0.2, 0) is 17.8 Å². The minimum Gasteiger partial charge on any atom is -0.340 e. The van der Waals surface area contributed by atoms with Gasteiger partial charge in [-0.05, 0) is 43.5 Å². The lowest BCUT2D eigenvalue weighted by atomic mass is 10.1. The Morgan fingerprint density at radius 3 is 2.63 bits per heavy atom. The van der Waals surface area contributed by atoms with Crippen molar-refractivity contribution in [2.24, 2.45) is 0 Å². The van der Waals surface area contributed by atoms with Gasteiger partial charge in [0, 0.05) is 30.3 Å². The number of likely N-dealkylation sites (tertiary alicyclic amines) is 1. The fourth-order valence-corrected chi connectivity index (χ4v) is 5.54. The topological polar surface area (TPSA) is 78.4 Å². The van der Waals surface area contributed by atoms with Crippen molar-refractivity contribution < 1.29 is 9.59 Å². The number of thioether (sulfide) groups is 1. The average Bonchev–Trinajstić information content (AvgIpc) is 3.44. The molecule has 2 aromatic rings. The van der Waals surface area contributed by atoms with E-state index in [2.05, 4.69) is 27.3 Å². The van der Waals surface area contributed by atoms with Gasteiger partial charge in [-0.25, -0.2) is 0 Å². The number of hydrogen-bond acceptors (Lipinski definition) is 7. The van der Waals surface area contributed by atoms with Crippen molar-refractivity contribution in [2.75, 3.05) is 36.5 Å². The number of carbonyl (C=O) groups excluding carboxylic acids is 2. The minimum atomic E-state index is -0.247. The fraction of sp³-hybridized carbons (Fsp3) is 0.524. The Morgan fingerprint density at radius 1 is 1.13 bits per heavy atom. The van der Waals surface area contributed by atoms with Gasteiger partial charge in [0.25, 0.3) is 5.91 Å². The van der Waals surface area contributed by atoms with E-state index in [1.165, 1.54) is 16.9 Å². The van der Waals surface area contributed by atoms with Gasteiger partial charge in [-0.3, -0.25) is 14.5 Å². The molecule has 2 fully saturated rings. The summed E-state index contributed by atoms with van der Waals surface area (Å²) in [5, 5.41) is 12.3. The lowest BCUT2D eigenvalue weighted by molar-refractivity contribution is -0.135. The molecular formula is C21H27N5O2S2. The van der Waals surface area contributed by atoms with Crippen molar-refractivity contribution in [2.45, 2.75) is 38.8 Å². The van der Waals surface area contributed by atoms with Crippen LogP contribution in [0.3, 0.4) is 0 Å². The number of aryl methyl sites for hydroxylation is 1. The van der Waals surface area contributed by atoms with Crippen molar-refractivity contribution in [3.63, 3.8) is 0 Å². The molecule has 2 aliphatic heterocycles. The zero-order chi connectivity index (χ0) is 20.9. The molecule has 1 unspecified atom stereocenters. The molecule has 1 N–H and O–H groups in total. The molecule has 0 aliphatic carbocycles. The van der Waals surface area contributed by atoms with Crippen LogP contribution in [0.2, 0.25) is 0 Å². The number of hydrogen-bond donors (Lipinski definition) is 1. The number of benzene rings is 1. The van der Waals surface area contributed by atoms with Crippen molar-refractivity contribution in [1.82, 2.24) is 20.0 Å². The van der Waals surface area contributed by atoms with Gasteiger partial charge in [-0.1, -0.05) is 30.4 Å². The summed E-state index contributed by atoms with van der Waals surface area (Å²) in [5.41, 5.74) is 1.98. The van der Waals surface area contributed by atoms with Crippen molar-refractivity contribution in [3.05, 3.63) is 39.8 Å². The van der Waals surface area contributed by atoms with Gasteiger partial charge in [0.15, 0.2) is 0 Å². The Morgan fingerprint density at radius 2 is 1.90 bits per heavy atom. The second-order valence-corrected chi connectivity index (χ2v) is 9.86. The van der Waals surface area contributed by atoms with Crippen LogP contribution in [0.25, 0.3) is 0 Å². The second-order valence-electron chi connectivity index (χ2n) is 7.57. The number of anilines is 1. The largest absolute Gasteiger partial charge is 0.340 e. The molecule has 0 saturated carbocycles. The lowest BCUT2D eigenvalue weighted by Crippen LogP contribution is -2.48. The fourth-order valence-electron chi connectivity index (χ4n) is 3.88. The molecule has 2 aliphatic rings. The summed E-state index contributed by atoms with van der Waals surface area (Å²) in [6.07, 6.45) is 2.87. The number of carbonyl (C=O) groups is 2. The summed E-state index contributed by atoms with van der Waals surface area (Å²) in [6, 6.07) is 7.74. The molecule has 0 bridgehead atoms. The number of nitrogens with zero attached hydrogens (tertiary/aromatic N) is 4. The second kappa shape index (κ2) is 9.89. The van der Waals surface area contributed by atoms with Crippen molar-refractivity contribution in [1.29, 1.82) is 0 Å². The summed E-state index contributed by atoms with van der Waals surface area (Å²) in [5.74, 6) is 2.04. The molecule has 3 heterocycles. The predicted molar refractivity (Wildman–Crippen MR) is 121 cm³/mol. The zero-order valence-corrected chi connectivity index (χ0v) is 18.8. The van der Waals surface area contributed by atoms with Crippen LogP contribution in [0.5, 0.6) is 0 Å². The summed E-state index contributed by atoms with van der Waals surface area (Å²) >= 11 is 3.21. The van der Waals surface area contributed by atoms with Gasteiger partial charge in [0.2, 0.25) is 10.9 Å². The zero-order valence-electron chi connectivity index (χ0n) is 17.2. The van der Waals surface area contributed by atoms with Gasteiger partial charge in [0.05, 0.1) is 12.6 Å². The third kappa shape index (κ3) is 5.01. The standard InChI is InChI=1S/C21H27N5O2S2/c1-2-15-5-7-16(8-6-15)22-19(27)20-24-23-18(30-20)14-26-9-3-4-17(26)21(28)25-10-12-29-13-11-25/h5-8,17H,2-4,9-14H2,1H3,(H,22,27). The summed E-state index contributed by atoms with van der Waals surface area (Å²) < 4.78 is 0. The predicted octanol–water partition coefficient (Wildman–Crippen LogP) is 2.89.